The third-order valence-corrected chi connectivity index (χ3v) is 5.39. The highest BCUT2D eigenvalue weighted by atomic mass is 32.1. The lowest BCUT2D eigenvalue weighted by Gasteiger charge is -2.24. The van der Waals surface area contributed by atoms with Crippen LogP contribution in [0.15, 0.2) is 41.8 Å². The minimum absolute atomic E-state index is 0.500. The van der Waals surface area contributed by atoms with Gasteiger partial charge in [0.05, 0.1) is 0 Å². The highest BCUT2D eigenvalue weighted by Gasteiger charge is 2.21. The summed E-state index contributed by atoms with van der Waals surface area (Å²) in [6.07, 6.45) is 2.15. The van der Waals surface area contributed by atoms with Gasteiger partial charge in [0.25, 0.3) is 0 Å². The average molecular weight is 324 g/mol. The lowest BCUT2D eigenvalue weighted by atomic mass is 10.1. The molecule has 1 unspecified atom stereocenters. The summed E-state index contributed by atoms with van der Waals surface area (Å²) in [5.41, 5.74) is 2.60. The fourth-order valence-corrected chi connectivity index (χ4v) is 3.97. The maximum absolute atomic E-state index is 4.23. The summed E-state index contributed by atoms with van der Waals surface area (Å²) in [5, 5.41) is 14.3. The predicted octanol–water partition coefficient (Wildman–Crippen LogP) is 3.42. The van der Waals surface area contributed by atoms with Crippen molar-refractivity contribution in [2.24, 2.45) is 0 Å². The van der Waals surface area contributed by atoms with Crippen molar-refractivity contribution in [2.45, 2.75) is 38.9 Å². The van der Waals surface area contributed by atoms with E-state index in [1.54, 1.807) is 0 Å². The zero-order valence-corrected chi connectivity index (χ0v) is 14.0. The molecule has 1 aliphatic rings. The quantitative estimate of drug-likeness (QED) is 0.799. The van der Waals surface area contributed by atoms with Crippen molar-refractivity contribution in [3.05, 3.63) is 58.3 Å². The zero-order chi connectivity index (χ0) is 15.6. The fraction of sp³-hybridized carbons (Fsp3) is 0.333. The Bertz CT molecular complexity index is 790. The van der Waals surface area contributed by atoms with Crippen LogP contribution in [0, 0.1) is 6.92 Å². The van der Waals surface area contributed by atoms with E-state index in [4.69, 9.17) is 0 Å². The Kier molecular flexibility index (Phi) is 3.97. The number of aryl methyl sites for hydroxylation is 2. The van der Waals surface area contributed by atoms with Crippen molar-refractivity contribution in [3.63, 3.8) is 0 Å². The van der Waals surface area contributed by atoms with E-state index in [0.717, 1.165) is 37.6 Å². The molecule has 1 aromatic carbocycles. The average Bonchev–Trinajstić information content (AvgIpc) is 3.21. The van der Waals surface area contributed by atoms with E-state index >= 15 is 0 Å². The van der Waals surface area contributed by atoms with Gasteiger partial charge in [0.15, 0.2) is 0 Å². The van der Waals surface area contributed by atoms with Crippen LogP contribution in [0.5, 0.6) is 0 Å². The third-order valence-electron chi connectivity index (χ3n) is 4.46. The van der Waals surface area contributed by atoms with E-state index in [1.165, 1.54) is 16.0 Å². The van der Waals surface area contributed by atoms with Gasteiger partial charge in [-0.1, -0.05) is 30.3 Å². The van der Waals surface area contributed by atoms with Crippen LogP contribution in [0.25, 0.3) is 11.1 Å². The summed E-state index contributed by atoms with van der Waals surface area (Å²) < 4.78 is 2.24. The van der Waals surface area contributed by atoms with Gasteiger partial charge in [-0.15, -0.1) is 21.5 Å². The van der Waals surface area contributed by atoms with Crippen LogP contribution >= 0.6 is 11.3 Å². The van der Waals surface area contributed by atoms with Crippen LogP contribution in [-0.4, -0.2) is 20.8 Å². The van der Waals surface area contributed by atoms with Crippen LogP contribution in [0.1, 0.15) is 22.9 Å². The SMILES string of the molecule is Cc1nnc2n1CC(NCc1cc(-c3ccccc3)cs1)CC2. The van der Waals surface area contributed by atoms with Crippen molar-refractivity contribution in [3.8, 4) is 11.1 Å². The number of hydrogen-bond donors (Lipinski definition) is 1. The van der Waals surface area contributed by atoms with Crippen LogP contribution < -0.4 is 5.32 Å². The van der Waals surface area contributed by atoms with Gasteiger partial charge in [0, 0.05) is 30.4 Å². The molecule has 0 fully saturated rings. The Morgan fingerprint density at radius 1 is 1.22 bits per heavy atom. The number of benzene rings is 1. The summed E-state index contributed by atoms with van der Waals surface area (Å²) in [6.45, 7) is 3.94. The molecule has 4 rings (SSSR count). The number of rotatable bonds is 4. The Balaban J connectivity index is 1.39. The van der Waals surface area contributed by atoms with Crippen molar-refractivity contribution in [1.29, 1.82) is 0 Å². The zero-order valence-electron chi connectivity index (χ0n) is 13.2. The predicted molar refractivity (Wildman–Crippen MR) is 93.5 cm³/mol. The van der Waals surface area contributed by atoms with Crippen LogP contribution in [0.2, 0.25) is 0 Å². The Morgan fingerprint density at radius 2 is 2.09 bits per heavy atom. The normalized spacial score (nSPS) is 17.2. The second-order valence-corrected chi connectivity index (χ2v) is 7.05. The maximum atomic E-state index is 4.23. The standard InChI is InChI=1S/C18H20N4S/c1-13-20-21-18-8-7-16(11-22(13)18)19-10-17-9-15(12-23-17)14-5-3-2-4-6-14/h2-6,9,12,16,19H,7-8,10-11H2,1H3. The molecule has 0 radical (unpaired) electrons. The lowest BCUT2D eigenvalue weighted by molar-refractivity contribution is 0.376. The first-order chi connectivity index (χ1) is 11.3. The summed E-state index contributed by atoms with van der Waals surface area (Å²) in [6, 6.07) is 13.4. The molecular weight excluding hydrogens is 304 g/mol. The molecule has 0 bridgehead atoms. The topological polar surface area (TPSA) is 42.7 Å². The number of aromatic nitrogens is 3. The minimum Gasteiger partial charge on any atom is -0.314 e. The minimum atomic E-state index is 0.500. The Morgan fingerprint density at radius 3 is 2.96 bits per heavy atom. The number of thiophene rings is 1. The third kappa shape index (κ3) is 3.07. The molecule has 3 aromatic rings. The molecule has 1 N–H and O–H groups in total. The van der Waals surface area contributed by atoms with Crippen molar-refractivity contribution in [2.75, 3.05) is 0 Å². The van der Waals surface area contributed by atoms with Gasteiger partial charge in [-0.2, -0.15) is 0 Å². The molecule has 1 aliphatic heterocycles. The first-order valence-corrected chi connectivity index (χ1v) is 8.92. The number of nitrogens with one attached hydrogen (secondary N) is 1. The molecule has 0 spiro atoms. The molecule has 0 saturated heterocycles. The molecule has 0 aliphatic carbocycles. The molecule has 5 heteroatoms. The molecule has 4 nitrogen and oxygen atoms in total. The summed E-state index contributed by atoms with van der Waals surface area (Å²) in [4.78, 5) is 1.38. The first kappa shape index (κ1) is 14.6. The fourth-order valence-electron chi connectivity index (χ4n) is 3.13. The molecule has 2 aromatic heterocycles. The second kappa shape index (κ2) is 6.26. The summed E-state index contributed by atoms with van der Waals surface area (Å²) >= 11 is 1.83. The van der Waals surface area contributed by atoms with E-state index in [2.05, 4.69) is 61.9 Å². The van der Waals surface area contributed by atoms with Gasteiger partial charge in [-0.25, -0.2) is 0 Å². The molecule has 118 valence electrons. The van der Waals surface area contributed by atoms with Crippen LogP contribution in [-0.2, 0) is 19.5 Å². The Labute approximate surface area is 140 Å². The maximum Gasteiger partial charge on any atom is 0.133 e. The number of nitrogens with zero attached hydrogens (tertiary/aromatic N) is 3. The molecule has 1 atom stereocenters. The molecule has 23 heavy (non-hydrogen) atoms. The smallest absolute Gasteiger partial charge is 0.133 e. The van der Waals surface area contributed by atoms with Crippen LogP contribution in [0.4, 0.5) is 0 Å². The van der Waals surface area contributed by atoms with E-state index in [9.17, 15) is 0 Å². The number of fused-ring (bicyclic) bond motifs is 1. The molecule has 0 saturated carbocycles. The largest absolute Gasteiger partial charge is 0.314 e. The first-order valence-electron chi connectivity index (χ1n) is 8.04. The molecule has 0 amide bonds. The van der Waals surface area contributed by atoms with Crippen molar-refractivity contribution >= 4 is 11.3 Å². The lowest BCUT2D eigenvalue weighted by Crippen LogP contribution is -2.37. The van der Waals surface area contributed by atoms with E-state index < -0.39 is 0 Å². The van der Waals surface area contributed by atoms with Gasteiger partial charge in [-0.05, 0) is 35.9 Å². The van der Waals surface area contributed by atoms with Gasteiger partial charge in [-0.3, -0.25) is 0 Å². The monoisotopic (exact) mass is 324 g/mol. The van der Waals surface area contributed by atoms with Gasteiger partial charge in [0.1, 0.15) is 11.6 Å². The summed E-state index contributed by atoms with van der Waals surface area (Å²) in [5.74, 6) is 2.15. The number of hydrogen-bond acceptors (Lipinski definition) is 4. The molecular formula is C18H20N4S. The van der Waals surface area contributed by atoms with E-state index in [0.29, 0.717) is 6.04 Å². The highest BCUT2D eigenvalue weighted by Crippen LogP contribution is 2.25. The van der Waals surface area contributed by atoms with Crippen molar-refractivity contribution < 1.29 is 0 Å². The highest BCUT2D eigenvalue weighted by molar-refractivity contribution is 7.10. The Hall–Kier alpha value is -1.98. The summed E-state index contributed by atoms with van der Waals surface area (Å²) in [7, 11) is 0. The van der Waals surface area contributed by atoms with Gasteiger partial charge in [0.2, 0.25) is 0 Å². The van der Waals surface area contributed by atoms with Gasteiger partial charge >= 0.3 is 0 Å². The van der Waals surface area contributed by atoms with Gasteiger partial charge < -0.3 is 9.88 Å². The van der Waals surface area contributed by atoms with Crippen LogP contribution in [0.3, 0.4) is 0 Å². The van der Waals surface area contributed by atoms with Crippen molar-refractivity contribution in [1.82, 2.24) is 20.1 Å². The molecule has 3 heterocycles. The van der Waals surface area contributed by atoms with E-state index in [1.807, 2.05) is 18.3 Å². The van der Waals surface area contributed by atoms with E-state index in [-0.39, 0.29) is 0 Å². The second-order valence-electron chi connectivity index (χ2n) is 6.06.